The number of benzene rings is 4. The fourth-order valence-electron chi connectivity index (χ4n) is 9.26. The van der Waals surface area contributed by atoms with Crippen LogP contribution in [0.2, 0.25) is 0 Å². The number of amides is 4. The number of carbonyl (C=O) groups is 4. The highest BCUT2D eigenvalue weighted by atomic mass is 16.5. The predicted molar refractivity (Wildman–Crippen MR) is 238 cm³/mol. The zero-order chi connectivity index (χ0) is 43.3. The number of fused-ring (bicyclic) bond motifs is 1. The molecule has 3 aliphatic rings. The number of carbonyl (C=O) groups excluding carboxylic acids is 4. The quantitative estimate of drug-likeness (QED) is 0.0972. The van der Waals surface area contributed by atoms with Crippen molar-refractivity contribution in [3.63, 3.8) is 0 Å². The van der Waals surface area contributed by atoms with Gasteiger partial charge >= 0.3 is 6.09 Å². The Labute approximate surface area is 365 Å². The van der Waals surface area contributed by atoms with Crippen molar-refractivity contribution in [2.24, 2.45) is 5.92 Å². The minimum atomic E-state index is -0.777. The van der Waals surface area contributed by atoms with Gasteiger partial charge < -0.3 is 39.9 Å². The van der Waals surface area contributed by atoms with Crippen molar-refractivity contribution in [2.45, 2.75) is 63.1 Å². The van der Waals surface area contributed by atoms with Crippen LogP contribution in [0.1, 0.15) is 80.3 Å². The second-order valence-electron chi connectivity index (χ2n) is 16.7. The molecule has 4 amide bonds. The van der Waals surface area contributed by atoms with Gasteiger partial charge in [0.1, 0.15) is 24.2 Å². The van der Waals surface area contributed by atoms with Crippen molar-refractivity contribution in [2.75, 3.05) is 40.0 Å². The van der Waals surface area contributed by atoms with Gasteiger partial charge in [0.15, 0.2) is 0 Å². The first-order valence-corrected chi connectivity index (χ1v) is 21.9. The van der Waals surface area contributed by atoms with Crippen LogP contribution < -0.4 is 10.6 Å². The molecule has 14 heteroatoms. The molecule has 3 aliphatic heterocycles. The second-order valence-corrected chi connectivity index (χ2v) is 16.7. The summed E-state index contributed by atoms with van der Waals surface area (Å²) in [6, 6.07) is 29.5. The minimum absolute atomic E-state index is 0.112. The monoisotopic (exact) mass is 848 g/mol. The average molecular weight is 849 g/mol. The van der Waals surface area contributed by atoms with Gasteiger partial charge in [-0.1, -0.05) is 78.9 Å². The molecular formula is C49H52N8O6. The van der Waals surface area contributed by atoms with E-state index < -0.39 is 12.1 Å². The smallest absolute Gasteiger partial charge is 0.407 e. The summed E-state index contributed by atoms with van der Waals surface area (Å²) in [7, 11) is 1.27. The number of hydrogen-bond acceptors (Lipinski definition) is 8. The van der Waals surface area contributed by atoms with Crippen LogP contribution >= 0.6 is 0 Å². The maximum Gasteiger partial charge on any atom is 0.407 e. The lowest BCUT2D eigenvalue weighted by Gasteiger charge is -2.29. The number of methoxy groups -OCH3 is 1. The molecule has 0 bridgehead atoms. The van der Waals surface area contributed by atoms with Crippen LogP contribution in [0, 0.1) is 5.92 Å². The highest BCUT2D eigenvalue weighted by Gasteiger charge is 2.37. The van der Waals surface area contributed by atoms with Gasteiger partial charge in [0.25, 0.3) is 0 Å². The van der Waals surface area contributed by atoms with Crippen LogP contribution in [0.15, 0.2) is 103 Å². The van der Waals surface area contributed by atoms with Crippen LogP contribution in [0.5, 0.6) is 0 Å². The number of ether oxygens (including phenoxy) is 2. The average Bonchev–Trinajstić information content (AvgIpc) is 4.18. The van der Waals surface area contributed by atoms with Crippen LogP contribution in [0.4, 0.5) is 4.79 Å². The Kier molecular flexibility index (Phi) is 12.3. The summed E-state index contributed by atoms with van der Waals surface area (Å²) < 4.78 is 10.1. The molecule has 4 N–H and O–H groups in total. The van der Waals surface area contributed by atoms with Gasteiger partial charge in [-0.3, -0.25) is 14.4 Å². The van der Waals surface area contributed by atoms with E-state index in [9.17, 15) is 19.2 Å². The third-order valence-corrected chi connectivity index (χ3v) is 12.7. The Bertz CT molecular complexity index is 2580. The summed E-state index contributed by atoms with van der Waals surface area (Å²) in [6.07, 6.45) is 8.37. The van der Waals surface area contributed by atoms with Gasteiger partial charge in [0.2, 0.25) is 17.7 Å². The first-order chi connectivity index (χ1) is 30.8. The summed E-state index contributed by atoms with van der Waals surface area (Å²) in [5, 5.41) is 7.76. The first kappa shape index (κ1) is 41.5. The molecule has 9 rings (SSSR count). The van der Waals surface area contributed by atoms with E-state index >= 15 is 0 Å². The fraction of sp³-hybridized carbons (Fsp3) is 0.347. The van der Waals surface area contributed by atoms with Gasteiger partial charge in [0, 0.05) is 38.3 Å². The summed E-state index contributed by atoms with van der Waals surface area (Å²) in [6.45, 7) is 2.41. The molecule has 0 radical (unpaired) electrons. The number of nitrogens with one attached hydrogen (secondary N) is 4. The van der Waals surface area contributed by atoms with Gasteiger partial charge in [0.05, 0.1) is 43.0 Å². The molecule has 3 atom stereocenters. The van der Waals surface area contributed by atoms with E-state index in [1.165, 1.54) is 7.11 Å². The van der Waals surface area contributed by atoms with Gasteiger partial charge in [-0.05, 0) is 89.6 Å². The highest BCUT2D eigenvalue weighted by Crippen LogP contribution is 2.36. The van der Waals surface area contributed by atoms with Gasteiger partial charge in [-0.2, -0.15) is 0 Å². The zero-order valence-corrected chi connectivity index (χ0v) is 35.3. The molecule has 14 nitrogen and oxygen atoms in total. The Hall–Kier alpha value is -6.80. The molecule has 0 spiro atoms. The maximum absolute atomic E-state index is 14.3. The normalized spacial score (nSPS) is 18.4. The molecule has 3 fully saturated rings. The fourth-order valence-corrected chi connectivity index (χ4v) is 9.26. The maximum atomic E-state index is 14.3. The third-order valence-electron chi connectivity index (χ3n) is 12.7. The number of rotatable bonds is 12. The Morgan fingerprint density at radius 1 is 0.730 bits per heavy atom. The number of hydrogen-bond donors (Lipinski definition) is 4. The molecule has 63 heavy (non-hydrogen) atoms. The number of nitrogens with zero attached hydrogens (tertiary/aromatic N) is 4. The first-order valence-electron chi connectivity index (χ1n) is 21.9. The Morgan fingerprint density at radius 2 is 1.32 bits per heavy atom. The lowest BCUT2D eigenvalue weighted by atomic mass is 9.95. The standard InChI is InChI=1S/C49H52N8O6/c1-62-49(61)52-30-44(59)56-21-5-9-41(56)46-51-29-40(54-46)38-18-17-36-26-35(15-16-37(36)27-38)32-11-13-33(14-12-32)39-28-50-47(53-39)42-10-6-22-57(42)48(60)45(34-7-3-2-4-8-34)55-43(58)25-31-19-23-63-24-20-31/h2-4,7-8,11-18,26-29,31,41-42,45H,5-6,9-10,19-25,30H2,1H3,(H,50,53)(H,51,54)(H,52,61)(H,55,58)/t41-,42-,45+/m0/s1. The molecule has 2 aromatic heterocycles. The van der Waals surface area contributed by atoms with E-state index in [0.29, 0.717) is 32.7 Å². The minimum Gasteiger partial charge on any atom is -0.453 e. The molecule has 6 aromatic rings. The second kappa shape index (κ2) is 18.7. The number of imidazole rings is 2. The van der Waals surface area contributed by atoms with Crippen molar-refractivity contribution in [3.8, 4) is 33.6 Å². The predicted octanol–water partition coefficient (Wildman–Crippen LogP) is 7.64. The molecule has 5 heterocycles. The number of alkyl carbamates (subject to hydrolysis) is 1. The van der Waals surface area contributed by atoms with Crippen molar-refractivity contribution < 1.29 is 28.7 Å². The number of likely N-dealkylation sites (tertiary alicyclic amines) is 2. The van der Waals surface area contributed by atoms with Gasteiger partial charge in [-0.25, -0.2) is 14.8 Å². The van der Waals surface area contributed by atoms with E-state index in [4.69, 9.17) is 9.72 Å². The topological polar surface area (TPSA) is 175 Å². The van der Waals surface area contributed by atoms with E-state index in [0.717, 1.165) is 100 Å². The van der Waals surface area contributed by atoms with Crippen LogP contribution in [-0.2, 0) is 23.9 Å². The highest BCUT2D eigenvalue weighted by molar-refractivity contribution is 5.91. The molecule has 0 unspecified atom stereocenters. The van der Waals surface area contributed by atoms with Crippen molar-refractivity contribution >= 4 is 34.6 Å². The van der Waals surface area contributed by atoms with E-state index in [2.05, 4.69) is 91.0 Å². The van der Waals surface area contributed by atoms with Gasteiger partial charge in [-0.15, -0.1) is 0 Å². The molecule has 0 saturated carbocycles. The van der Waals surface area contributed by atoms with Crippen molar-refractivity contribution in [1.82, 2.24) is 40.4 Å². The summed E-state index contributed by atoms with van der Waals surface area (Å²) >= 11 is 0. The van der Waals surface area contributed by atoms with Crippen molar-refractivity contribution in [1.29, 1.82) is 0 Å². The van der Waals surface area contributed by atoms with E-state index in [1.54, 1.807) is 4.90 Å². The summed E-state index contributed by atoms with van der Waals surface area (Å²) in [4.78, 5) is 72.0. The van der Waals surface area contributed by atoms with Crippen LogP contribution in [0.3, 0.4) is 0 Å². The SMILES string of the molecule is COC(=O)NCC(=O)N1CCC[C@H]1c1ncc(-c2ccc3cc(-c4ccc(-c5cnc([C@@H]6CCCN6C(=O)[C@H](NC(=O)CC6CCOCC6)c6ccccc6)[nH]5)cc4)ccc3c2)[nH]1. The van der Waals surface area contributed by atoms with Crippen molar-refractivity contribution in [3.05, 3.63) is 121 Å². The van der Waals surface area contributed by atoms with Crippen LogP contribution in [0.25, 0.3) is 44.4 Å². The lowest BCUT2D eigenvalue weighted by Crippen LogP contribution is -2.43. The third kappa shape index (κ3) is 9.22. The molecule has 4 aromatic carbocycles. The molecular weight excluding hydrogens is 797 g/mol. The molecule has 324 valence electrons. The van der Waals surface area contributed by atoms with E-state index in [1.807, 2.05) is 47.6 Å². The lowest BCUT2D eigenvalue weighted by molar-refractivity contribution is -0.138. The summed E-state index contributed by atoms with van der Waals surface area (Å²) in [5.41, 5.74) is 6.67. The zero-order valence-electron chi connectivity index (χ0n) is 35.3. The van der Waals surface area contributed by atoms with E-state index in [-0.39, 0.29) is 42.3 Å². The number of aromatic nitrogens is 4. The number of H-pyrrole nitrogens is 2. The largest absolute Gasteiger partial charge is 0.453 e. The molecule has 3 saturated heterocycles. The number of aromatic amines is 2. The molecule has 0 aliphatic carbocycles. The Morgan fingerprint density at radius 3 is 2.00 bits per heavy atom. The summed E-state index contributed by atoms with van der Waals surface area (Å²) in [5.74, 6) is 1.31. The van der Waals surface area contributed by atoms with Crippen LogP contribution in [-0.4, -0.2) is 93.5 Å². The Balaban J connectivity index is 0.855.